The van der Waals surface area contributed by atoms with Gasteiger partial charge in [-0.15, -0.1) is 0 Å². The average molecular weight is 162 g/mol. The van der Waals surface area contributed by atoms with Crippen molar-refractivity contribution in [3.8, 4) is 5.75 Å². The van der Waals surface area contributed by atoms with Gasteiger partial charge in [0.15, 0.2) is 0 Å². The summed E-state index contributed by atoms with van der Waals surface area (Å²) in [6.07, 6.45) is 1.88. The van der Waals surface area contributed by atoms with Crippen molar-refractivity contribution in [1.29, 1.82) is 0 Å². The molecule has 3 heteroatoms. The van der Waals surface area contributed by atoms with Gasteiger partial charge in [-0.2, -0.15) is 0 Å². The van der Waals surface area contributed by atoms with Crippen LogP contribution in [0.25, 0.3) is 10.9 Å². The molecule has 0 saturated carbocycles. The lowest BCUT2D eigenvalue weighted by Gasteiger charge is -1.96. The minimum atomic E-state index is 0.290. The van der Waals surface area contributed by atoms with Gasteiger partial charge >= 0.3 is 0 Å². The van der Waals surface area contributed by atoms with Crippen LogP contribution in [0.4, 0.5) is 5.69 Å². The molecule has 0 spiro atoms. The third kappa shape index (κ3) is 0.906. The van der Waals surface area contributed by atoms with Gasteiger partial charge in [0.05, 0.1) is 5.69 Å². The number of hydrogen-bond acceptors (Lipinski definition) is 2. The molecule has 0 atom stereocenters. The number of nitrogens with one attached hydrogen (secondary N) is 2. The van der Waals surface area contributed by atoms with Crippen molar-refractivity contribution in [1.82, 2.24) is 4.98 Å². The molecule has 0 aliphatic heterocycles. The molecule has 2 aromatic rings. The first-order valence-corrected chi connectivity index (χ1v) is 3.79. The van der Waals surface area contributed by atoms with Crippen LogP contribution in [0.1, 0.15) is 0 Å². The zero-order valence-electron chi connectivity index (χ0n) is 6.76. The largest absolute Gasteiger partial charge is 0.508 e. The van der Waals surface area contributed by atoms with Crippen LogP contribution in [0.2, 0.25) is 0 Å². The molecule has 1 aromatic heterocycles. The molecular formula is C9H10N2O. The minimum Gasteiger partial charge on any atom is -0.508 e. The lowest BCUT2D eigenvalue weighted by molar-refractivity contribution is 0.476. The molecule has 62 valence electrons. The van der Waals surface area contributed by atoms with Crippen LogP contribution in [0.5, 0.6) is 5.75 Å². The third-order valence-corrected chi connectivity index (χ3v) is 1.93. The monoisotopic (exact) mass is 162 g/mol. The third-order valence-electron chi connectivity index (χ3n) is 1.93. The van der Waals surface area contributed by atoms with Crippen LogP contribution >= 0.6 is 0 Å². The van der Waals surface area contributed by atoms with E-state index in [1.54, 1.807) is 12.1 Å². The molecule has 0 unspecified atom stereocenters. The number of fused-ring (bicyclic) bond motifs is 1. The highest BCUT2D eigenvalue weighted by Crippen LogP contribution is 2.25. The second-order valence-corrected chi connectivity index (χ2v) is 2.68. The Morgan fingerprint density at radius 3 is 3.00 bits per heavy atom. The summed E-state index contributed by atoms with van der Waals surface area (Å²) in [5, 5.41) is 13.3. The molecule has 12 heavy (non-hydrogen) atoms. The van der Waals surface area contributed by atoms with E-state index in [4.69, 9.17) is 0 Å². The van der Waals surface area contributed by atoms with Crippen LogP contribution in [-0.2, 0) is 0 Å². The molecule has 0 aliphatic carbocycles. The van der Waals surface area contributed by atoms with Crippen molar-refractivity contribution >= 4 is 16.6 Å². The highest BCUT2D eigenvalue weighted by molar-refractivity contribution is 5.93. The first kappa shape index (κ1) is 7.03. The van der Waals surface area contributed by atoms with Crippen molar-refractivity contribution < 1.29 is 5.11 Å². The van der Waals surface area contributed by atoms with Crippen molar-refractivity contribution in [2.24, 2.45) is 0 Å². The van der Waals surface area contributed by atoms with Gasteiger partial charge in [-0.3, -0.25) is 0 Å². The Kier molecular flexibility index (Phi) is 1.43. The number of anilines is 1. The van der Waals surface area contributed by atoms with Crippen molar-refractivity contribution in [3.63, 3.8) is 0 Å². The maximum absolute atomic E-state index is 9.23. The number of aromatic nitrogens is 1. The first-order chi connectivity index (χ1) is 5.81. The van der Waals surface area contributed by atoms with Crippen LogP contribution < -0.4 is 5.32 Å². The molecular weight excluding hydrogens is 152 g/mol. The van der Waals surface area contributed by atoms with Gasteiger partial charge in [-0.05, 0) is 18.2 Å². The fraction of sp³-hybridized carbons (Fsp3) is 0.111. The van der Waals surface area contributed by atoms with E-state index in [-0.39, 0.29) is 0 Å². The summed E-state index contributed by atoms with van der Waals surface area (Å²) in [4.78, 5) is 3.09. The molecule has 0 fully saturated rings. The fourth-order valence-electron chi connectivity index (χ4n) is 1.32. The Morgan fingerprint density at radius 2 is 2.25 bits per heavy atom. The summed E-state index contributed by atoms with van der Waals surface area (Å²) in [6.45, 7) is 0. The van der Waals surface area contributed by atoms with E-state index < -0.39 is 0 Å². The standard InChI is InChI=1S/C9H10N2O/c1-10-9-5-11-8-3-2-6(12)4-7(8)9/h2-5,10-12H,1H3. The van der Waals surface area contributed by atoms with Crippen LogP contribution in [0.15, 0.2) is 24.4 Å². The van der Waals surface area contributed by atoms with E-state index in [1.807, 2.05) is 19.3 Å². The molecule has 0 bridgehead atoms. The predicted molar refractivity (Wildman–Crippen MR) is 49.5 cm³/mol. The summed E-state index contributed by atoms with van der Waals surface area (Å²) in [5.74, 6) is 0.290. The van der Waals surface area contributed by atoms with Crippen LogP contribution in [-0.4, -0.2) is 17.1 Å². The topological polar surface area (TPSA) is 48.0 Å². The normalized spacial score (nSPS) is 10.4. The molecule has 1 heterocycles. The van der Waals surface area contributed by atoms with Crippen molar-refractivity contribution in [2.75, 3.05) is 12.4 Å². The van der Waals surface area contributed by atoms with Gasteiger partial charge in [0.2, 0.25) is 0 Å². The number of aromatic hydroxyl groups is 1. The minimum absolute atomic E-state index is 0.290. The van der Waals surface area contributed by atoms with Crippen LogP contribution in [0.3, 0.4) is 0 Å². The summed E-state index contributed by atoms with van der Waals surface area (Å²) < 4.78 is 0. The van der Waals surface area contributed by atoms with Crippen molar-refractivity contribution in [2.45, 2.75) is 0 Å². The fourth-order valence-corrected chi connectivity index (χ4v) is 1.32. The molecule has 0 saturated heterocycles. The Bertz CT molecular complexity index is 406. The highest BCUT2D eigenvalue weighted by atomic mass is 16.3. The molecule has 3 nitrogen and oxygen atoms in total. The van der Waals surface area contributed by atoms with Gasteiger partial charge in [0.25, 0.3) is 0 Å². The summed E-state index contributed by atoms with van der Waals surface area (Å²) in [5.41, 5.74) is 2.03. The SMILES string of the molecule is CNc1c[nH]c2ccc(O)cc12. The number of benzene rings is 1. The number of phenolic OH excluding ortho intramolecular Hbond substituents is 1. The average Bonchev–Trinajstić information content (AvgIpc) is 2.46. The first-order valence-electron chi connectivity index (χ1n) is 3.79. The van der Waals surface area contributed by atoms with Crippen molar-refractivity contribution in [3.05, 3.63) is 24.4 Å². The summed E-state index contributed by atoms with van der Waals surface area (Å²) >= 11 is 0. The van der Waals surface area contributed by atoms with E-state index in [2.05, 4.69) is 10.3 Å². The van der Waals surface area contributed by atoms with E-state index in [9.17, 15) is 5.11 Å². The number of aromatic amines is 1. The second kappa shape index (κ2) is 2.44. The zero-order valence-corrected chi connectivity index (χ0v) is 6.76. The molecule has 0 radical (unpaired) electrons. The summed E-state index contributed by atoms with van der Waals surface area (Å²) in [6, 6.07) is 5.25. The number of H-pyrrole nitrogens is 1. The highest BCUT2D eigenvalue weighted by Gasteiger charge is 2.01. The maximum Gasteiger partial charge on any atom is 0.116 e. The van der Waals surface area contributed by atoms with Gasteiger partial charge in [0.1, 0.15) is 5.75 Å². The number of phenols is 1. The molecule has 1 aromatic carbocycles. The smallest absolute Gasteiger partial charge is 0.116 e. The molecule has 0 amide bonds. The predicted octanol–water partition coefficient (Wildman–Crippen LogP) is 1.92. The van der Waals surface area contributed by atoms with E-state index >= 15 is 0 Å². The van der Waals surface area contributed by atoms with E-state index in [0.717, 1.165) is 16.6 Å². The summed E-state index contributed by atoms with van der Waals surface area (Å²) in [7, 11) is 1.85. The van der Waals surface area contributed by atoms with Gasteiger partial charge in [0, 0.05) is 24.1 Å². The molecule has 3 N–H and O–H groups in total. The Balaban J connectivity index is 2.75. The van der Waals surface area contributed by atoms with E-state index in [0.29, 0.717) is 5.75 Å². The van der Waals surface area contributed by atoms with Gasteiger partial charge < -0.3 is 15.4 Å². The zero-order chi connectivity index (χ0) is 8.55. The quantitative estimate of drug-likeness (QED) is 0.600. The number of rotatable bonds is 1. The Labute approximate surface area is 70.0 Å². The lowest BCUT2D eigenvalue weighted by atomic mass is 10.2. The number of hydrogen-bond donors (Lipinski definition) is 3. The molecule has 2 rings (SSSR count). The molecule has 0 aliphatic rings. The van der Waals surface area contributed by atoms with Gasteiger partial charge in [-0.25, -0.2) is 0 Å². The Hall–Kier alpha value is -1.64. The lowest BCUT2D eigenvalue weighted by Crippen LogP contribution is -1.83. The van der Waals surface area contributed by atoms with E-state index in [1.165, 1.54) is 0 Å². The second-order valence-electron chi connectivity index (χ2n) is 2.68. The van der Waals surface area contributed by atoms with Crippen LogP contribution in [0, 0.1) is 0 Å². The maximum atomic E-state index is 9.23. The Morgan fingerprint density at radius 1 is 1.42 bits per heavy atom. The van der Waals surface area contributed by atoms with Gasteiger partial charge in [-0.1, -0.05) is 0 Å².